The van der Waals surface area contributed by atoms with E-state index in [2.05, 4.69) is 0 Å². The fourth-order valence-corrected chi connectivity index (χ4v) is 1.64. The SMILES string of the molecule is CCOCCN(C(=O)OC(C)(C)C)c1cccc(N)c1. The van der Waals surface area contributed by atoms with Gasteiger partial charge in [-0.2, -0.15) is 0 Å². The molecule has 20 heavy (non-hydrogen) atoms. The van der Waals surface area contributed by atoms with Crippen molar-refractivity contribution in [2.75, 3.05) is 30.4 Å². The summed E-state index contributed by atoms with van der Waals surface area (Å²) in [6.45, 7) is 8.91. The van der Waals surface area contributed by atoms with Gasteiger partial charge >= 0.3 is 6.09 Å². The Morgan fingerprint density at radius 2 is 2.05 bits per heavy atom. The zero-order valence-corrected chi connectivity index (χ0v) is 12.7. The molecular weight excluding hydrogens is 256 g/mol. The molecule has 0 saturated carbocycles. The van der Waals surface area contributed by atoms with Gasteiger partial charge in [-0.15, -0.1) is 0 Å². The molecule has 0 aliphatic rings. The topological polar surface area (TPSA) is 64.8 Å². The summed E-state index contributed by atoms with van der Waals surface area (Å²) < 4.78 is 10.7. The van der Waals surface area contributed by atoms with Gasteiger partial charge in [-0.1, -0.05) is 6.07 Å². The summed E-state index contributed by atoms with van der Waals surface area (Å²) in [5, 5.41) is 0. The monoisotopic (exact) mass is 280 g/mol. The van der Waals surface area contributed by atoms with Crippen LogP contribution in [-0.4, -0.2) is 31.5 Å². The molecule has 5 heteroatoms. The van der Waals surface area contributed by atoms with Gasteiger partial charge < -0.3 is 15.2 Å². The van der Waals surface area contributed by atoms with Crippen LogP contribution in [0.25, 0.3) is 0 Å². The van der Waals surface area contributed by atoms with E-state index in [4.69, 9.17) is 15.2 Å². The van der Waals surface area contributed by atoms with Crippen molar-refractivity contribution in [3.63, 3.8) is 0 Å². The van der Waals surface area contributed by atoms with Crippen molar-refractivity contribution in [2.45, 2.75) is 33.3 Å². The molecule has 0 fully saturated rings. The molecule has 0 heterocycles. The summed E-state index contributed by atoms with van der Waals surface area (Å²) in [4.78, 5) is 13.8. The molecule has 1 aromatic carbocycles. The number of nitrogens with zero attached hydrogens (tertiary/aromatic N) is 1. The molecule has 0 spiro atoms. The van der Waals surface area contributed by atoms with Gasteiger partial charge in [0.2, 0.25) is 0 Å². The lowest BCUT2D eigenvalue weighted by Gasteiger charge is -2.27. The maximum atomic E-state index is 12.3. The Labute approximate surface area is 120 Å². The number of rotatable bonds is 5. The second kappa shape index (κ2) is 7.14. The molecule has 112 valence electrons. The van der Waals surface area contributed by atoms with E-state index in [1.807, 2.05) is 39.8 Å². The number of carbonyl (C=O) groups is 1. The van der Waals surface area contributed by atoms with Crippen LogP contribution in [0.2, 0.25) is 0 Å². The van der Waals surface area contributed by atoms with Gasteiger partial charge in [0.25, 0.3) is 0 Å². The predicted molar refractivity (Wildman–Crippen MR) is 80.9 cm³/mol. The van der Waals surface area contributed by atoms with Crippen LogP contribution in [0.3, 0.4) is 0 Å². The summed E-state index contributed by atoms with van der Waals surface area (Å²) in [6, 6.07) is 7.16. The average Bonchev–Trinajstić information content (AvgIpc) is 2.32. The number of anilines is 2. The van der Waals surface area contributed by atoms with E-state index < -0.39 is 11.7 Å². The largest absolute Gasteiger partial charge is 0.443 e. The Balaban J connectivity index is 2.87. The zero-order chi connectivity index (χ0) is 15.2. The number of hydrogen-bond donors (Lipinski definition) is 1. The Morgan fingerprint density at radius 3 is 2.60 bits per heavy atom. The van der Waals surface area contributed by atoms with Crippen LogP contribution in [0.15, 0.2) is 24.3 Å². The number of benzene rings is 1. The summed E-state index contributed by atoms with van der Waals surface area (Å²) in [6.07, 6.45) is -0.400. The summed E-state index contributed by atoms with van der Waals surface area (Å²) in [5.74, 6) is 0. The lowest BCUT2D eigenvalue weighted by atomic mass is 10.2. The van der Waals surface area contributed by atoms with Gasteiger partial charge in [0, 0.05) is 18.0 Å². The third kappa shape index (κ3) is 5.48. The molecule has 0 aliphatic carbocycles. The highest BCUT2D eigenvalue weighted by Gasteiger charge is 2.23. The van der Waals surface area contributed by atoms with E-state index in [-0.39, 0.29) is 0 Å². The Bertz CT molecular complexity index is 441. The van der Waals surface area contributed by atoms with E-state index in [1.54, 1.807) is 12.1 Å². The molecule has 1 rings (SSSR count). The molecule has 0 aliphatic heterocycles. The molecule has 0 radical (unpaired) electrons. The van der Waals surface area contributed by atoms with Crippen LogP contribution in [-0.2, 0) is 9.47 Å². The third-order valence-electron chi connectivity index (χ3n) is 2.46. The van der Waals surface area contributed by atoms with E-state index in [0.29, 0.717) is 31.1 Å². The Morgan fingerprint density at radius 1 is 1.35 bits per heavy atom. The Kier molecular flexibility index (Phi) is 5.82. The van der Waals surface area contributed by atoms with E-state index in [9.17, 15) is 4.79 Å². The van der Waals surface area contributed by atoms with E-state index in [1.165, 1.54) is 4.90 Å². The summed E-state index contributed by atoms with van der Waals surface area (Å²) in [5.41, 5.74) is 6.54. The van der Waals surface area contributed by atoms with Crippen LogP contribution in [0.4, 0.5) is 16.2 Å². The average molecular weight is 280 g/mol. The van der Waals surface area contributed by atoms with Crippen LogP contribution in [0.1, 0.15) is 27.7 Å². The first-order chi connectivity index (χ1) is 9.33. The van der Waals surface area contributed by atoms with Crippen LogP contribution in [0.5, 0.6) is 0 Å². The van der Waals surface area contributed by atoms with Gasteiger partial charge in [-0.25, -0.2) is 4.79 Å². The minimum absolute atomic E-state index is 0.400. The normalized spacial score (nSPS) is 11.2. The fraction of sp³-hybridized carbons (Fsp3) is 0.533. The van der Waals surface area contributed by atoms with Crippen LogP contribution in [0, 0.1) is 0 Å². The summed E-state index contributed by atoms with van der Waals surface area (Å²) >= 11 is 0. The Hall–Kier alpha value is -1.75. The second-order valence-electron chi connectivity index (χ2n) is 5.42. The molecule has 0 atom stereocenters. The number of amides is 1. The minimum Gasteiger partial charge on any atom is -0.443 e. The summed E-state index contributed by atoms with van der Waals surface area (Å²) in [7, 11) is 0. The minimum atomic E-state index is -0.540. The van der Waals surface area contributed by atoms with Crippen molar-refractivity contribution in [2.24, 2.45) is 0 Å². The molecule has 1 aromatic rings. The highest BCUT2D eigenvalue weighted by molar-refractivity contribution is 5.88. The van der Waals surface area contributed by atoms with Gasteiger partial charge in [-0.3, -0.25) is 4.90 Å². The van der Waals surface area contributed by atoms with Gasteiger partial charge in [0.1, 0.15) is 5.60 Å². The number of carbonyl (C=O) groups excluding carboxylic acids is 1. The first-order valence-electron chi connectivity index (χ1n) is 6.77. The van der Waals surface area contributed by atoms with Crippen molar-refractivity contribution >= 4 is 17.5 Å². The van der Waals surface area contributed by atoms with E-state index >= 15 is 0 Å². The molecule has 0 aromatic heterocycles. The maximum absolute atomic E-state index is 12.3. The fourth-order valence-electron chi connectivity index (χ4n) is 1.64. The number of hydrogen-bond acceptors (Lipinski definition) is 4. The third-order valence-corrected chi connectivity index (χ3v) is 2.46. The molecule has 0 saturated heterocycles. The number of ether oxygens (including phenoxy) is 2. The lowest BCUT2D eigenvalue weighted by molar-refractivity contribution is 0.0563. The van der Waals surface area contributed by atoms with Crippen LogP contribution >= 0.6 is 0 Å². The molecule has 5 nitrogen and oxygen atoms in total. The lowest BCUT2D eigenvalue weighted by Crippen LogP contribution is -2.38. The van der Waals surface area contributed by atoms with Crippen molar-refractivity contribution in [1.82, 2.24) is 0 Å². The first kappa shape index (κ1) is 16.3. The highest BCUT2D eigenvalue weighted by Crippen LogP contribution is 2.20. The molecule has 1 amide bonds. The second-order valence-corrected chi connectivity index (χ2v) is 5.42. The van der Waals surface area contributed by atoms with Crippen molar-refractivity contribution in [3.8, 4) is 0 Å². The van der Waals surface area contributed by atoms with Gasteiger partial charge in [0.05, 0.1) is 13.2 Å². The predicted octanol–water partition coefficient (Wildman–Crippen LogP) is 3.05. The molecular formula is C15H24N2O3. The zero-order valence-electron chi connectivity index (χ0n) is 12.7. The highest BCUT2D eigenvalue weighted by atomic mass is 16.6. The smallest absolute Gasteiger partial charge is 0.414 e. The van der Waals surface area contributed by atoms with Crippen molar-refractivity contribution in [3.05, 3.63) is 24.3 Å². The van der Waals surface area contributed by atoms with Gasteiger partial charge in [0.15, 0.2) is 0 Å². The molecule has 2 N–H and O–H groups in total. The standard InChI is InChI=1S/C15H24N2O3/c1-5-19-10-9-17(14(18)20-15(2,3)4)13-8-6-7-12(16)11-13/h6-8,11H,5,9-10,16H2,1-4H3. The molecule has 0 unspecified atom stereocenters. The van der Waals surface area contributed by atoms with E-state index in [0.717, 1.165) is 0 Å². The van der Waals surface area contributed by atoms with Crippen LogP contribution < -0.4 is 10.6 Å². The first-order valence-corrected chi connectivity index (χ1v) is 6.77. The van der Waals surface area contributed by atoms with Gasteiger partial charge in [-0.05, 0) is 45.9 Å². The van der Waals surface area contributed by atoms with Crippen molar-refractivity contribution < 1.29 is 14.3 Å². The number of nitrogens with two attached hydrogens (primary N) is 1. The molecule has 0 bridgehead atoms. The quantitative estimate of drug-likeness (QED) is 0.665. The van der Waals surface area contributed by atoms with Crippen molar-refractivity contribution in [1.29, 1.82) is 0 Å². The maximum Gasteiger partial charge on any atom is 0.414 e. The number of nitrogen functional groups attached to an aromatic ring is 1.